The number of methoxy groups -OCH3 is 1. The summed E-state index contributed by atoms with van der Waals surface area (Å²) < 4.78 is 46.0. The van der Waals surface area contributed by atoms with Gasteiger partial charge >= 0.3 is 6.18 Å². The van der Waals surface area contributed by atoms with Crippen molar-refractivity contribution in [2.45, 2.75) is 25.6 Å². The number of hydrogen-bond acceptors (Lipinski definition) is 7. The van der Waals surface area contributed by atoms with E-state index in [2.05, 4.69) is 20.6 Å². The van der Waals surface area contributed by atoms with Crippen molar-refractivity contribution in [1.82, 2.24) is 14.9 Å². The Balaban J connectivity index is 1.57. The standard InChI is InChI=1S/C24H25F3N6O2/c1-35-20-12-16(22(34)33-9-2-3-10-33)7-8-19(20)31-23-30-14-18(24(25,26)27)21(32-23)29-13-15-5-4-6-17(28)11-15/h4-8,11-12,14H,2-3,9-10,13,28H2,1H3,(H2,29,30,31,32). The van der Waals surface area contributed by atoms with Crippen LogP contribution in [0.15, 0.2) is 48.7 Å². The first-order valence-corrected chi connectivity index (χ1v) is 11.0. The number of likely N-dealkylation sites (tertiary alicyclic amines) is 1. The highest BCUT2D eigenvalue weighted by molar-refractivity contribution is 5.95. The number of anilines is 4. The molecule has 0 bridgehead atoms. The van der Waals surface area contributed by atoms with Crippen LogP contribution in [0.2, 0.25) is 0 Å². The van der Waals surface area contributed by atoms with Gasteiger partial charge in [0.2, 0.25) is 5.95 Å². The Morgan fingerprint density at radius 2 is 1.94 bits per heavy atom. The molecule has 2 aromatic carbocycles. The number of halogens is 3. The molecule has 1 amide bonds. The Bertz CT molecular complexity index is 1210. The van der Waals surface area contributed by atoms with Gasteiger partial charge in [-0.3, -0.25) is 4.79 Å². The summed E-state index contributed by atoms with van der Waals surface area (Å²) in [4.78, 5) is 22.3. The van der Waals surface area contributed by atoms with Gasteiger partial charge in [-0.15, -0.1) is 0 Å². The van der Waals surface area contributed by atoms with E-state index in [9.17, 15) is 18.0 Å². The Morgan fingerprint density at radius 1 is 1.17 bits per heavy atom. The van der Waals surface area contributed by atoms with Crippen LogP contribution < -0.4 is 21.1 Å². The van der Waals surface area contributed by atoms with Gasteiger partial charge in [-0.05, 0) is 48.7 Å². The van der Waals surface area contributed by atoms with Gasteiger partial charge in [0.05, 0.1) is 12.8 Å². The van der Waals surface area contributed by atoms with E-state index in [1.807, 2.05) is 0 Å². The molecule has 1 aromatic heterocycles. The van der Waals surface area contributed by atoms with E-state index in [0.717, 1.165) is 19.0 Å². The third-order valence-corrected chi connectivity index (χ3v) is 5.59. The average molecular weight is 486 g/mol. The van der Waals surface area contributed by atoms with E-state index >= 15 is 0 Å². The number of nitrogens with two attached hydrogens (primary N) is 1. The van der Waals surface area contributed by atoms with Crippen molar-refractivity contribution in [2.24, 2.45) is 0 Å². The normalized spacial score (nSPS) is 13.5. The van der Waals surface area contributed by atoms with Crippen LogP contribution >= 0.6 is 0 Å². The Kier molecular flexibility index (Phi) is 6.94. The molecule has 8 nitrogen and oxygen atoms in total. The van der Waals surface area contributed by atoms with E-state index in [1.165, 1.54) is 7.11 Å². The first-order chi connectivity index (χ1) is 16.7. The number of aromatic nitrogens is 2. The molecular weight excluding hydrogens is 461 g/mol. The number of hydrogen-bond donors (Lipinski definition) is 3. The number of ether oxygens (including phenoxy) is 1. The predicted octanol–water partition coefficient (Wildman–Crippen LogP) is 4.68. The number of nitrogens with one attached hydrogen (secondary N) is 2. The van der Waals surface area contributed by atoms with Crippen molar-refractivity contribution < 1.29 is 22.7 Å². The lowest BCUT2D eigenvalue weighted by molar-refractivity contribution is -0.137. The molecule has 3 aromatic rings. The van der Waals surface area contributed by atoms with Gasteiger partial charge in [-0.1, -0.05) is 12.1 Å². The van der Waals surface area contributed by atoms with E-state index < -0.39 is 11.7 Å². The van der Waals surface area contributed by atoms with Crippen LogP contribution in [0.1, 0.15) is 34.3 Å². The van der Waals surface area contributed by atoms with Gasteiger partial charge in [-0.2, -0.15) is 18.2 Å². The third kappa shape index (κ3) is 5.73. The number of rotatable bonds is 7. The van der Waals surface area contributed by atoms with Gasteiger partial charge in [-0.25, -0.2) is 4.98 Å². The monoisotopic (exact) mass is 486 g/mol. The summed E-state index contributed by atoms with van der Waals surface area (Å²) >= 11 is 0. The topological polar surface area (TPSA) is 105 Å². The maximum absolute atomic E-state index is 13.5. The minimum absolute atomic E-state index is 0.0648. The molecule has 1 saturated heterocycles. The molecule has 184 valence electrons. The second kappa shape index (κ2) is 10.1. The van der Waals surface area contributed by atoms with Gasteiger partial charge < -0.3 is 26.0 Å². The van der Waals surface area contributed by atoms with E-state index in [-0.39, 0.29) is 24.2 Å². The molecule has 35 heavy (non-hydrogen) atoms. The minimum Gasteiger partial charge on any atom is -0.495 e. The van der Waals surface area contributed by atoms with Crippen LogP contribution in [0.5, 0.6) is 5.75 Å². The fourth-order valence-corrected chi connectivity index (χ4v) is 3.82. The van der Waals surface area contributed by atoms with E-state index in [1.54, 1.807) is 47.4 Å². The van der Waals surface area contributed by atoms with Crippen molar-refractivity contribution in [3.8, 4) is 5.75 Å². The number of alkyl halides is 3. The molecule has 4 rings (SSSR count). The summed E-state index contributed by atoms with van der Waals surface area (Å²) in [7, 11) is 1.44. The zero-order valence-corrected chi connectivity index (χ0v) is 19.0. The summed E-state index contributed by atoms with van der Waals surface area (Å²) in [6.45, 7) is 1.51. The second-order valence-electron chi connectivity index (χ2n) is 8.09. The molecule has 0 radical (unpaired) electrons. The van der Waals surface area contributed by atoms with Gasteiger partial charge in [0.1, 0.15) is 17.1 Å². The van der Waals surface area contributed by atoms with Crippen molar-refractivity contribution in [2.75, 3.05) is 36.6 Å². The predicted molar refractivity (Wildman–Crippen MR) is 127 cm³/mol. The molecule has 11 heteroatoms. The molecular formula is C24H25F3N6O2. The van der Waals surface area contributed by atoms with Crippen molar-refractivity contribution in [3.63, 3.8) is 0 Å². The SMILES string of the molecule is COc1cc(C(=O)N2CCCC2)ccc1Nc1ncc(C(F)(F)F)c(NCc2cccc(N)c2)n1. The first kappa shape index (κ1) is 24.1. The summed E-state index contributed by atoms with van der Waals surface area (Å²) in [5, 5.41) is 5.61. The fraction of sp³-hybridized carbons (Fsp3) is 0.292. The van der Waals surface area contributed by atoms with Crippen LogP contribution in [-0.4, -0.2) is 41.0 Å². The molecule has 0 atom stereocenters. The van der Waals surface area contributed by atoms with Crippen LogP contribution in [0.25, 0.3) is 0 Å². The van der Waals surface area contributed by atoms with Crippen molar-refractivity contribution in [3.05, 3.63) is 65.4 Å². The molecule has 4 N–H and O–H groups in total. The molecule has 1 fully saturated rings. The minimum atomic E-state index is -4.65. The van der Waals surface area contributed by atoms with E-state index in [4.69, 9.17) is 10.5 Å². The lowest BCUT2D eigenvalue weighted by atomic mass is 10.1. The molecule has 1 aliphatic rings. The molecule has 2 heterocycles. The largest absolute Gasteiger partial charge is 0.495 e. The summed E-state index contributed by atoms with van der Waals surface area (Å²) in [5.74, 6) is -0.193. The number of carbonyl (C=O) groups excluding carboxylic acids is 1. The average Bonchev–Trinajstić information content (AvgIpc) is 3.37. The molecule has 0 unspecified atom stereocenters. The van der Waals surface area contributed by atoms with Crippen LogP contribution in [-0.2, 0) is 12.7 Å². The van der Waals surface area contributed by atoms with Crippen LogP contribution in [0.4, 0.5) is 36.3 Å². The third-order valence-electron chi connectivity index (χ3n) is 5.59. The second-order valence-corrected chi connectivity index (χ2v) is 8.09. The Labute approximate surface area is 200 Å². The fourth-order valence-electron chi connectivity index (χ4n) is 3.82. The van der Waals surface area contributed by atoms with Crippen LogP contribution in [0.3, 0.4) is 0 Å². The summed E-state index contributed by atoms with van der Waals surface area (Å²) in [6.07, 6.45) is -1.98. The Morgan fingerprint density at radius 3 is 2.63 bits per heavy atom. The number of benzene rings is 2. The zero-order chi connectivity index (χ0) is 25.0. The molecule has 0 saturated carbocycles. The Hall–Kier alpha value is -4.02. The number of carbonyl (C=O) groups is 1. The maximum Gasteiger partial charge on any atom is 0.421 e. The summed E-state index contributed by atoms with van der Waals surface area (Å²) in [6, 6.07) is 11.6. The first-order valence-electron chi connectivity index (χ1n) is 11.0. The zero-order valence-electron chi connectivity index (χ0n) is 19.0. The molecule has 0 aliphatic carbocycles. The van der Waals surface area contributed by atoms with Gasteiger partial charge in [0, 0.05) is 37.1 Å². The number of nitrogen functional groups attached to an aromatic ring is 1. The molecule has 0 spiro atoms. The number of amides is 1. The highest BCUT2D eigenvalue weighted by Crippen LogP contribution is 2.35. The van der Waals surface area contributed by atoms with E-state index in [0.29, 0.717) is 41.3 Å². The van der Waals surface area contributed by atoms with Crippen LogP contribution in [0, 0.1) is 0 Å². The number of nitrogens with zero attached hydrogens (tertiary/aromatic N) is 3. The van der Waals surface area contributed by atoms with Crippen molar-refractivity contribution >= 4 is 29.0 Å². The smallest absolute Gasteiger partial charge is 0.421 e. The molecule has 1 aliphatic heterocycles. The lowest BCUT2D eigenvalue weighted by Gasteiger charge is -2.18. The highest BCUT2D eigenvalue weighted by atomic mass is 19.4. The highest BCUT2D eigenvalue weighted by Gasteiger charge is 2.35. The lowest BCUT2D eigenvalue weighted by Crippen LogP contribution is -2.27. The van der Waals surface area contributed by atoms with Gasteiger partial charge in [0.15, 0.2) is 0 Å². The van der Waals surface area contributed by atoms with Gasteiger partial charge in [0.25, 0.3) is 5.91 Å². The summed E-state index contributed by atoms with van der Waals surface area (Å²) in [5.41, 5.74) is 6.83. The van der Waals surface area contributed by atoms with Crippen molar-refractivity contribution in [1.29, 1.82) is 0 Å². The maximum atomic E-state index is 13.5. The quantitative estimate of drug-likeness (QED) is 0.417.